The van der Waals surface area contributed by atoms with Gasteiger partial charge in [-0.15, -0.1) is 12.3 Å². The van der Waals surface area contributed by atoms with Crippen LogP contribution in [0, 0.1) is 12.3 Å². The van der Waals surface area contributed by atoms with E-state index in [2.05, 4.69) is 5.92 Å². The van der Waals surface area contributed by atoms with Crippen LogP contribution in [0.1, 0.15) is 38.5 Å². The van der Waals surface area contributed by atoms with Crippen molar-refractivity contribution in [3.8, 4) is 12.3 Å². The van der Waals surface area contributed by atoms with Gasteiger partial charge < -0.3 is 10.5 Å². The Hall–Kier alpha value is -0.520. The van der Waals surface area contributed by atoms with Gasteiger partial charge in [-0.2, -0.15) is 0 Å². The van der Waals surface area contributed by atoms with E-state index in [9.17, 15) is 0 Å². The summed E-state index contributed by atoms with van der Waals surface area (Å²) in [6, 6.07) is 0.250. The average molecular weight is 181 g/mol. The van der Waals surface area contributed by atoms with Crippen molar-refractivity contribution in [1.29, 1.82) is 0 Å². The van der Waals surface area contributed by atoms with Gasteiger partial charge in [0.2, 0.25) is 0 Å². The molecule has 0 saturated heterocycles. The second-order valence-corrected chi connectivity index (χ2v) is 3.67. The maximum Gasteiger partial charge on any atom is 0.0725 e. The lowest BCUT2D eigenvalue weighted by atomic mass is 9.93. The number of hydrogen-bond acceptors (Lipinski definition) is 2. The van der Waals surface area contributed by atoms with Gasteiger partial charge in [-0.25, -0.2) is 0 Å². The molecule has 0 amide bonds. The van der Waals surface area contributed by atoms with Crippen LogP contribution in [-0.2, 0) is 4.74 Å². The number of nitrogens with two attached hydrogens (primary N) is 1. The first-order valence-corrected chi connectivity index (χ1v) is 5.15. The first-order chi connectivity index (χ1) is 6.34. The molecule has 0 heterocycles. The van der Waals surface area contributed by atoms with Crippen molar-refractivity contribution in [2.24, 2.45) is 5.73 Å². The third-order valence-corrected chi connectivity index (χ3v) is 2.55. The largest absolute Gasteiger partial charge is 0.377 e. The summed E-state index contributed by atoms with van der Waals surface area (Å²) in [4.78, 5) is 0. The zero-order valence-corrected chi connectivity index (χ0v) is 8.17. The number of rotatable bonds is 4. The van der Waals surface area contributed by atoms with E-state index in [1.54, 1.807) is 0 Å². The van der Waals surface area contributed by atoms with Gasteiger partial charge in [0.15, 0.2) is 0 Å². The summed E-state index contributed by atoms with van der Waals surface area (Å²) in [6.45, 7) is 0.766. The van der Waals surface area contributed by atoms with Gasteiger partial charge in [0, 0.05) is 19.1 Å². The Morgan fingerprint density at radius 1 is 1.38 bits per heavy atom. The van der Waals surface area contributed by atoms with Crippen LogP contribution in [0.5, 0.6) is 0 Å². The minimum atomic E-state index is 0.250. The molecule has 74 valence electrons. The van der Waals surface area contributed by atoms with Crippen LogP contribution in [0.25, 0.3) is 0 Å². The zero-order valence-electron chi connectivity index (χ0n) is 8.17. The molecular formula is C11H19NO. The van der Waals surface area contributed by atoms with Crippen LogP contribution in [0.3, 0.4) is 0 Å². The van der Waals surface area contributed by atoms with Crippen molar-refractivity contribution in [3.05, 3.63) is 0 Å². The fraction of sp³-hybridized carbons (Fsp3) is 0.818. The highest BCUT2D eigenvalue weighted by Gasteiger charge is 2.21. The van der Waals surface area contributed by atoms with Crippen molar-refractivity contribution in [3.63, 3.8) is 0 Å². The lowest BCUT2D eigenvalue weighted by Crippen LogP contribution is -2.39. The Bertz CT molecular complexity index is 173. The monoisotopic (exact) mass is 181 g/mol. The minimum absolute atomic E-state index is 0.250. The first kappa shape index (κ1) is 10.6. The van der Waals surface area contributed by atoms with E-state index < -0.39 is 0 Å². The fourth-order valence-corrected chi connectivity index (χ4v) is 1.74. The van der Waals surface area contributed by atoms with Crippen molar-refractivity contribution >= 4 is 0 Å². The Morgan fingerprint density at radius 3 is 2.85 bits per heavy atom. The van der Waals surface area contributed by atoms with Gasteiger partial charge in [0.1, 0.15) is 0 Å². The summed E-state index contributed by atoms with van der Waals surface area (Å²) in [7, 11) is 0. The Morgan fingerprint density at radius 2 is 2.15 bits per heavy atom. The maximum absolute atomic E-state index is 5.93. The van der Waals surface area contributed by atoms with Crippen LogP contribution in [0.4, 0.5) is 0 Å². The molecule has 1 aliphatic carbocycles. The minimum Gasteiger partial charge on any atom is -0.377 e. The van der Waals surface area contributed by atoms with E-state index >= 15 is 0 Å². The maximum atomic E-state index is 5.93. The molecule has 1 fully saturated rings. The molecule has 2 nitrogen and oxygen atoms in total. The highest BCUT2D eigenvalue weighted by atomic mass is 16.5. The molecule has 0 aliphatic heterocycles. The van der Waals surface area contributed by atoms with Gasteiger partial charge in [-0.3, -0.25) is 0 Å². The summed E-state index contributed by atoms with van der Waals surface area (Å²) in [6.07, 6.45) is 11.9. The molecule has 2 N–H and O–H groups in total. The van der Waals surface area contributed by atoms with Crippen molar-refractivity contribution in [1.82, 2.24) is 0 Å². The average Bonchev–Trinajstić information content (AvgIpc) is 2.15. The number of hydrogen-bond donors (Lipinski definition) is 1. The predicted octanol–water partition coefficient (Wildman–Crippen LogP) is 1.69. The molecule has 2 atom stereocenters. The second-order valence-electron chi connectivity index (χ2n) is 3.67. The van der Waals surface area contributed by atoms with Crippen LogP contribution >= 0.6 is 0 Å². The van der Waals surface area contributed by atoms with E-state index in [1.807, 2.05) is 0 Å². The highest BCUT2D eigenvalue weighted by molar-refractivity contribution is 4.83. The standard InChI is InChI=1S/C11H19NO/c1-2-3-6-9-13-11-8-5-4-7-10(11)12/h1,10-11H,3-9,12H2. The van der Waals surface area contributed by atoms with Crippen molar-refractivity contribution in [2.45, 2.75) is 50.7 Å². The molecule has 1 aliphatic rings. The summed E-state index contributed by atoms with van der Waals surface area (Å²) in [5, 5.41) is 0. The zero-order chi connectivity index (χ0) is 9.52. The molecule has 2 unspecified atom stereocenters. The summed E-state index contributed by atoms with van der Waals surface area (Å²) in [5.74, 6) is 2.61. The topological polar surface area (TPSA) is 35.2 Å². The first-order valence-electron chi connectivity index (χ1n) is 5.15. The summed E-state index contributed by atoms with van der Waals surface area (Å²) >= 11 is 0. The molecule has 0 radical (unpaired) electrons. The summed E-state index contributed by atoms with van der Waals surface area (Å²) < 4.78 is 5.68. The van der Waals surface area contributed by atoms with Gasteiger partial charge >= 0.3 is 0 Å². The predicted molar refractivity (Wildman–Crippen MR) is 54.3 cm³/mol. The van der Waals surface area contributed by atoms with E-state index in [0.717, 1.165) is 32.3 Å². The third kappa shape index (κ3) is 3.80. The Kier molecular flexibility index (Phi) is 4.88. The quantitative estimate of drug-likeness (QED) is 0.529. The third-order valence-electron chi connectivity index (χ3n) is 2.55. The van der Waals surface area contributed by atoms with E-state index in [-0.39, 0.29) is 12.1 Å². The number of unbranched alkanes of at least 4 members (excludes halogenated alkanes) is 1. The molecule has 0 spiro atoms. The fourth-order valence-electron chi connectivity index (χ4n) is 1.74. The van der Waals surface area contributed by atoms with Gasteiger partial charge in [0.05, 0.1) is 6.10 Å². The van der Waals surface area contributed by atoms with Crippen LogP contribution in [-0.4, -0.2) is 18.8 Å². The summed E-state index contributed by atoms with van der Waals surface area (Å²) in [5.41, 5.74) is 5.93. The lowest BCUT2D eigenvalue weighted by molar-refractivity contribution is 0.0145. The van der Waals surface area contributed by atoms with E-state index in [1.165, 1.54) is 12.8 Å². The van der Waals surface area contributed by atoms with Gasteiger partial charge in [0.25, 0.3) is 0 Å². The molecule has 0 bridgehead atoms. The molecule has 0 aromatic heterocycles. The van der Waals surface area contributed by atoms with Crippen LogP contribution < -0.4 is 5.73 Å². The number of ether oxygens (including phenoxy) is 1. The lowest BCUT2D eigenvalue weighted by Gasteiger charge is -2.28. The molecular weight excluding hydrogens is 162 g/mol. The van der Waals surface area contributed by atoms with Crippen molar-refractivity contribution in [2.75, 3.05) is 6.61 Å². The SMILES string of the molecule is C#CCCCOC1CCCCC1N. The molecule has 1 saturated carbocycles. The van der Waals surface area contributed by atoms with Gasteiger partial charge in [-0.1, -0.05) is 12.8 Å². The second kappa shape index (κ2) is 6.01. The van der Waals surface area contributed by atoms with E-state index in [0.29, 0.717) is 0 Å². The molecule has 0 aromatic carbocycles. The van der Waals surface area contributed by atoms with Crippen molar-refractivity contribution < 1.29 is 4.74 Å². The van der Waals surface area contributed by atoms with Crippen LogP contribution in [0.15, 0.2) is 0 Å². The molecule has 2 heteroatoms. The van der Waals surface area contributed by atoms with Gasteiger partial charge in [-0.05, 0) is 19.3 Å². The highest BCUT2D eigenvalue weighted by Crippen LogP contribution is 2.19. The molecule has 13 heavy (non-hydrogen) atoms. The molecule has 1 rings (SSSR count). The Balaban J connectivity index is 2.09. The number of terminal acetylenes is 1. The normalized spacial score (nSPS) is 28.3. The van der Waals surface area contributed by atoms with E-state index in [4.69, 9.17) is 16.9 Å². The Labute approximate surface area is 80.8 Å². The van der Waals surface area contributed by atoms with Crippen LogP contribution in [0.2, 0.25) is 0 Å². The molecule has 0 aromatic rings. The smallest absolute Gasteiger partial charge is 0.0725 e.